The third-order valence-electron chi connectivity index (χ3n) is 6.05. The number of nitrogens with zero attached hydrogens (tertiary/aromatic N) is 6. The summed E-state index contributed by atoms with van der Waals surface area (Å²) in [4.78, 5) is 51.9. The van der Waals surface area contributed by atoms with Gasteiger partial charge in [-0.2, -0.15) is 9.97 Å². The van der Waals surface area contributed by atoms with E-state index in [-0.39, 0.29) is 35.9 Å². The monoisotopic (exact) mass is 557 g/mol. The molecule has 2 fully saturated rings. The molecule has 8 N–H and O–H groups in total. The molecule has 0 aliphatic carbocycles. The highest BCUT2D eigenvalue weighted by atomic mass is 31.2. The Kier molecular flexibility index (Phi) is 7.01. The fraction of sp³-hybridized carbons (Fsp3) is 0.556. The van der Waals surface area contributed by atoms with Gasteiger partial charge in [0, 0.05) is 12.8 Å². The average molecular weight is 557 g/mol. The molecule has 0 spiro atoms. The molecule has 0 bridgehead atoms. The van der Waals surface area contributed by atoms with Gasteiger partial charge in [0.25, 0.3) is 5.56 Å². The van der Waals surface area contributed by atoms with E-state index in [0.29, 0.717) is 0 Å². The van der Waals surface area contributed by atoms with Crippen molar-refractivity contribution in [1.29, 1.82) is 0 Å². The Labute approximate surface area is 211 Å². The molecule has 2 aliphatic heterocycles. The first-order valence-corrected chi connectivity index (χ1v) is 12.7. The first kappa shape index (κ1) is 26.3. The number of ether oxygens (including phenoxy) is 2. The number of phosphoric ester groups is 1. The second-order valence-electron chi connectivity index (χ2n) is 8.57. The van der Waals surface area contributed by atoms with Crippen LogP contribution in [-0.2, 0) is 23.1 Å². The summed E-state index contributed by atoms with van der Waals surface area (Å²) in [5.74, 6) is -0.369. The van der Waals surface area contributed by atoms with Crippen molar-refractivity contribution in [3.05, 3.63) is 33.5 Å². The van der Waals surface area contributed by atoms with Crippen LogP contribution < -0.4 is 22.7 Å². The van der Waals surface area contributed by atoms with Crippen molar-refractivity contribution in [3.63, 3.8) is 0 Å². The lowest BCUT2D eigenvalue weighted by molar-refractivity contribution is -0.0568. The molecule has 38 heavy (non-hydrogen) atoms. The Bertz CT molecular complexity index is 1490. The van der Waals surface area contributed by atoms with E-state index in [1.165, 1.54) is 10.9 Å². The number of aliphatic hydroxyl groups excluding tert-OH is 2. The smallest absolute Gasteiger partial charge is 0.394 e. The van der Waals surface area contributed by atoms with Crippen LogP contribution in [0.15, 0.2) is 22.2 Å². The van der Waals surface area contributed by atoms with Crippen LogP contribution in [0.25, 0.3) is 11.2 Å². The maximum atomic E-state index is 12.7. The number of rotatable bonds is 8. The first-order valence-electron chi connectivity index (χ1n) is 11.2. The van der Waals surface area contributed by atoms with Crippen LogP contribution in [0.4, 0.5) is 11.9 Å². The predicted octanol–water partition coefficient (Wildman–Crippen LogP) is -2.63. The van der Waals surface area contributed by atoms with Gasteiger partial charge in [-0.3, -0.25) is 28.0 Å². The number of H-pyrrole nitrogens is 1. The van der Waals surface area contributed by atoms with Crippen LogP contribution in [0.5, 0.6) is 0 Å². The number of imidazole rings is 1. The van der Waals surface area contributed by atoms with Crippen LogP contribution in [0, 0.1) is 0 Å². The molecule has 0 amide bonds. The van der Waals surface area contributed by atoms with Crippen molar-refractivity contribution in [1.82, 2.24) is 34.1 Å². The second-order valence-corrected chi connectivity index (χ2v) is 9.97. The SMILES string of the molecule is Nc1ncn([C@H]2C[C@@H](O)[C@@H](COP(=O)(O)OC3C[C@H](n4cnc5c(=O)[nH]c(N)nc54)O[C@@H]3CO)O2)c(=O)n1. The number of fused-ring (bicyclic) bond motifs is 1. The van der Waals surface area contributed by atoms with E-state index < -0.39 is 69.2 Å². The summed E-state index contributed by atoms with van der Waals surface area (Å²) in [5.41, 5.74) is 9.79. The second kappa shape index (κ2) is 10.1. The molecule has 0 radical (unpaired) electrons. The largest absolute Gasteiger partial charge is 0.472 e. The lowest BCUT2D eigenvalue weighted by atomic mass is 10.2. The van der Waals surface area contributed by atoms with Crippen molar-refractivity contribution in [2.24, 2.45) is 0 Å². The molecular weight excluding hydrogens is 533 g/mol. The van der Waals surface area contributed by atoms with Gasteiger partial charge in [0.1, 0.15) is 37.1 Å². The molecule has 0 aromatic carbocycles. The Balaban J connectivity index is 1.23. The first-order chi connectivity index (χ1) is 18.0. The van der Waals surface area contributed by atoms with Crippen LogP contribution >= 0.6 is 7.82 Å². The molecule has 2 saturated heterocycles. The van der Waals surface area contributed by atoms with Gasteiger partial charge in [-0.25, -0.2) is 19.3 Å². The Morgan fingerprint density at radius 2 is 1.82 bits per heavy atom. The van der Waals surface area contributed by atoms with Crippen LogP contribution in [0.3, 0.4) is 0 Å². The number of phosphoric acid groups is 1. The molecular formula is C18H24N9O10P. The fourth-order valence-electron chi connectivity index (χ4n) is 4.26. The van der Waals surface area contributed by atoms with E-state index >= 15 is 0 Å². The molecule has 7 atom stereocenters. The number of anilines is 2. The van der Waals surface area contributed by atoms with E-state index in [0.717, 1.165) is 10.9 Å². The maximum Gasteiger partial charge on any atom is 0.472 e. The molecule has 20 heteroatoms. The van der Waals surface area contributed by atoms with Crippen molar-refractivity contribution in [2.75, 3.05) is 24.7 Å². The molecule has 5 heterocycles. The fourth-order valence-corrected chi connectivity index (χ4v) is 5.22. The molecule has 206 valence electrons. The number of aliphatic hydroxyl groups is 2. The molecule has 0 saturated carbocycles. The van der Waals surface area contributed by atoms with Gasteiger partial charge in [-0.15, -0.1) is 0 Å². The van der Waals surface area contributed by atoms with Gasteiger partial charge in [0.05, 0.1) is 25.6 Å². The topological polar surface area (TPSA) is 278 Å². The number of aromatic amines is 1. The van der Waals surface area contributed by atoms with Gasteiger partial charge in [-0.05, 0) is 0 Å². The Hall–Kier alpha value is -3.29. The number of hydrogen-bond acceptors (Lipinski definition) is 15. The number of hydrogen-bond donors (Lipinski definition) is 6. The number of nitrogens with one attached hydrogen (secondary N) is 1. The normalized spacial score (nSPS) is 29.1. The Morgan fingerprint density at radius 3 is 2.55 bits per heavy atom. The molecule has 2 unspecified atom stereocenters. The van der Waals surface area contributed by atoms with Crippen molar-refractivity contribution < 1.29 is 38.2 Å². The number of nitrogen functional groups attached to an aromatic ring is 2. The van der Waals surface area contributed by atoms with E-state index in [2.05, 4.69) is 24.9 Å². The molecule has 2 aliphatic rings. The summed E-state index contributed by atoms with van der Waals surface area (Å²) >= 11 is 0. The highest BCUT2D eigenvalue weighted by molar-refractivity contribution is 7.47. The standard InChI is InChI=1S/C18H24N9O10P/c19-16-22-6-27(18(31)25-16)11-1-7(29)10(36-11)4-34-38(32,33)37-8-2-12(35-9(8)3-28)26-5-21-13-14(26)23-17(20)24-15(13)30/h5-12,28-29H,1-4H2,(H,32,33)(H2,19,25,31)(H3,20,23,24,30)/t7-,8?,9-,10-,11-,12-/m1/s1. The van der Waals surface area contributed by atoms with Gasteiger partial charge < -0.3 is 36.0 Å². The van der Waals surface area contributed by atoms with E-state index in [1.54, 1.807) is 0 Å². The third kappa shape index (κ3) is 5.18. The lowest BCUT2D eigenvalue weighted by Crippen LogP contribution is -2.30. The van der Waals surface area contributed by atoms with Gasteiger partial charge in [0.2, 0.25) is 11.9 Å². The van der Waals surface area contributed by atoms with Gasteiger partial charge in [-0.1, -0.05) is 0 Å². The van der Waals surface area contributed by atoms with Crippen LogP contribution in [0.1, 0.15) is 25.3 Å². The van der Waals surface area contributed by atoms with E-state index in [1.807, 2.05) is 0 Å². The van der Waals surface area contributed by atoms with Crippen LogP contribution in [0.2, 0.25) is 0 Å². The van der Waals surface area contributed by atoms with E-state index in [9.17, 15) is 29.3 Å². The van der Waals surface area contributed by atoms with Gasteiger partial charge >= 0.3 is 13.5 Å². The summed E-state index contributed by atoms with van der Waals surface area (Å²) < 4.78 is 36.7. The molecule has 19 nitrogen and oxygen atoms in total. The Morgan fingerprint density at radius 1 is 1.11 bits per heavy atom. The summed E-state index contributed by atoms with van der Waals surface area (Å²) in [7, 11) is -4.75. The number of nitrogens with two attached hydrogens (primary N) is 2. The summed E-state index contributed by atoms with van der Waals surface area (Å²) in [6.07, 6.45) is -3.86. The highest BCUT2D eigenvalue weighted by Crippen LogP contribution is 2.49. The molecule has 3 aromatic heterocycles. The summed E-state index contributed by atoms with van der Waals surface area (Å²) in [6, 6.07) is 0. The minimum atomic E-state index is -4.75. The minimum Gasteiger partial charge on any atom is -0.394 e. The van der Waals surface area contributed by atoms with Crippen LogP contribution in [-0.4, -0.2) is 86.8 Å². The molecule has 5 rings (SSSR count). The average Bonchev–Trinajstić information content (AvgIpc) is 3.54. The lowest BCUT2D eigenvalue weighted by Gasteiger charge is -2.21. The summed E-state index contributed by atoms with van der Waals surface area (Å²) in [5, 5.41) is 20.0. The van der Waals surface area contributed by atoms with E-state index in [4.69, 9.17) is 30.0 Å². The van der Waals surface area contributed by atoms with Crippen molar-refractivity contribution in [2.45, 2.75) is 49.7 Å². The zero-order valence-corrected chi connectivity index (χ0v) is 20.3. The highest BCUT2D eigenvalue weighted by Gasteiger charge is 2.43. The summed E-state index contributed by atoms with van der Waals surface area (Å²) in [6.45, 7) is -1.12. The molecule has 3 aromatic rings. The minimum absolute atomic E-state index is 0.00472. The quantitative estimate of drug-likeness (QED) is 0.154. The zero-order chi connectivity index (χ0) is 27.2. The zero-order valence-electron chi connectivity index (χ0n) is 19.4. The maximum absolute atomic E-state index is 12.7. The van der Waals surface area contributed by atoms with Gasteiger partial charge in [0.15, 0.2) is 11.2 Å². The van der Waals surface area contributed by atoms with Crippen molar-refractivity contribution in [3.8, 4) is 0 Å². The predicted molar refractivity (Wildman–Crippen MR) is 124 cm³/mol. The van der Waals surface area contributed by atoms with Crippen molar-refractivity contribution >= 4 is 30.9 Å². The third-order valence-corrected chi connectivity index (χ3v) is 7.06. The number of aromatic nitrogens is 7.